The van der Waals surface area contributed by atoms with Gasteiger partial charge in [-0.1, -0.05) is 12.1 Å². The molecule has 164 valence electrons. The van der Waals surface area contributed by atoms with E-state index in [-0.39, 0.29) is 19.6 Å². The number of likely N-dealkylation sites (tertiary alicyclic amines) is 1. The molecule has 9 heteroatoms. The number of nitrogens with zero attached hydrogens (tertiary/aromatic N) is 4. The van der Waals surface area contributed by atoms with E-state index in [2.05, 4.69) is 30.2 Å². The number of H-pyrrole nitrogens is 1. The predicted octanol–water partition coefficient (Wildman–Crippen LogP) is 3.57. The third-order valence-corrected chi connectivity index (χ3v) is 7.32. The maximum Gasteiger partial charge on any atom is 0.271 e. The third kappa shape index (κ3) is 3.57. The van der Waals surface area contributed by atoms with Crippen molar-refractivity contribution in [2.45, 2.75) is 19.0 Å². The van der Waals surface area contributed by atoms with E-state index in [1.807, 2.05) is 24.3 Å². The summed E-state index contributed by atoms with van der Waals surface area (Å²) in [5.41, 5.74) is 2.69. The summed E-state index contributed by atoms with van der Waals surface area (Å²) in [6.45, 7) is 2.91. The van der Waals surface area contributed by atoms with Crippen LogP contribution in [0.25, 0.3) is 11.0 Å². The molecule has 4 heterocycles. The molecule has 1 aromatic carbocycles. The number of aromatic nitrogens is 4. The number of carbonyl (C=O) groups excluding carboxylic acids is 1. The number of hydrogen-bond donors (Lipinski definition) is 2. The zero-order chi connectivity index (χ0) is 21.7. The highest BCUT2D eigenvalue weighted by atomic mass is 32.1. The average molecular weight is 451 g/mol. The molecule has 1 saturated carbocycles. The summed E-state index contributed by atoms with van der Waals surface area (Å²) >= 11 is 1.54. The van der Waals surface area contributed by atoms with Gasteiger partial charge < -0.3 is 10.3 Å². The Kier molecular flexibility index (Phi) is 4.73. The van der Waals surface area contributed by atoms with Crippen molar-refractivity contribution < 1.29 is 10.6 Å². The monoisotopic (exact) mass is 450 g/mol. The Morgan fingerprint density at radius 2 is 2.06 bits per heavy atom. The van der Waals surface area contributed by atoms with Gasteiger partial charge in [0.05, 0.1) is 34.8 Å². The first-order valence-electron chi connectivity index (χ1n) is 10.6. The van der Waals surface area contributed by atoms with E-state index in [1.165, 1.54) is 29.7 Å². The van der Waals surface area contributed by atoms with Gasteiger partial charge >= 0.3 is 0 Å². The number of benzene rings is 1. The van der Waals surface area contributed by atoms with Crippen molar-refractivity contribution in [3.63, 3.8) is 0 Å². The lowest BCUT2D eigenvalue weighted by atomic mass is 10.2. The maximum atomic E-state index is 13.7. The van der Waals surface area contributed by atoms with Crippen LogP contribution in [0.2, 0.25) is 0 Å². The molecule has 7 nitrogen and oxygen atoms in total. The number of carbonyl (C=O) groups is 1. The number of piperidine rings is 1. The van der Waals surface area contributed by atoms with Gasteiger partial charge in [-0.15, -0.1) is 11.3 Å². The van der Waals surface area contributed by atoms with E-state index in [0.29, 0.717) is 23.4 Å². The minimum Gasteiger partial charge on any atom is -0.345 e. The molecule has 4 aromatic rings. The van der Waals surface area contributed by atoms with Crippen LogP contribution in [0, 0.1) is 17.7 Å². The lowest BCUT2D eigenvalue weighted by Gasteiger charge is -2.17. The lowest BCUT2D eigenvalue weighted by molar-refractivity contribution is 0.0945. The first-order valence-corrected chi connectivity index (χ1v) is 11.5. The van der Waals surface area contributed by atoms with Crippen molar-refractivity contribution in [1.82, 2.24) is 30.2 Å². The van der Waals surface area contributed by atoms with Gasteiger partial charge in [0.2, 0.25) is 0 Å². The van der Waals surface area contributed by atoms with E-state index in [1.54, 1.807) is 5.38 Å². The molecule has 3 atom stereocenters. The van der Waals surface area contributed by atoms with Gasteiger partial charge in [-0.25, -0.2) is 14.4 Å². The topological polar surface area (TPSA) is 86.8 Å². The largest absolute Gasteiger partial charge is 0.345 e. The minimum atomic E-state index is -0.426. The summed E-state index contributed by atoms with van der Waals surface area (Å²) in [7, 11) is 0. The highest BCUT2D eigenvalue weighted by Gasteiger charge is 2.57. The second-order valence-electron chi connectivity index (χ2n) is 8.43. The van der Waals surface area contributed by atoms with Crippen molar-refractivity contribution in [1.29, 1.82) is 0 Å². The Labute approximate surface area is 189 Å². The quantitative estimate of drug-likeness (QED) is 0.469. The smallest absolute Gasteiger partial charge is 0.271 e. The highest BCUT2D eigenvalue weighted by Crippen LogP contribution is 2.58. The second-order valence-corrected chi connectivity index (χ2v) is 9.32. The molecule has 1 aliphatic carbocycles. The summed E-state index contributed by atoms with van der Waals surface area (Å²) in [4.78, 5) is 31.5. The number of halogens is 1. The Hall–Kier alpha value is -3.17. The summed E-state index contributed by atoms with van der Waals surface area (Å²) < 4.78 is 13.7. The zero-order valence-corrected chi connectivity index (χ0v) is 18.0. The molecule has 2 N–H and O–H groups in total. The predicted molar refractivity (Wildman–Crippen MR) is 121 cm³/mol. The fourth-order valence-electron chi connectivity index (χ4n) is 4.75. The van der Waals surface area contributed by atoms with Crippen molar-refractivity contribution >= 4 is 28.3 Å². The molecule has 1 saturated heterocycles. The molecule has 0 radical (unpaired) electrons. The van der Waals surface area contributed by atoms with Crippen LogP contribution in [0.15, 0.2) is 48.0 Å². The molecule has 0 spiro atoms. The summed E-state index contributed by atoms with van der Waals surface area (Å²) in [5, 5.41) is 5.53. The zero-order valence-electron chi connectivity index (χ0n) is 17.2. The lowest BCUT2D eigenvalue weighted by Crippen LogP contribution is -2.25. The first kappa shape index (κ1) is 19.5. The fraction of sp³-hybridized carbons (Fsp3) is 0.304. The fourth-order valence-corrected chi connectivity index (χ4v) is 5.80. The van der Waals surface area contributed by atoms with Crippen LogP contribution in [-0.4, -0.2) is 43.8 Å². The van der Waals surface area contributed by atoms with Gasteiger partial charge in [0.25, 0.3) is 5.91 Å². The molecule has 6 rings (SSSR count). The number of pyridine rings is 1. The van der Waals surface area contributed by atoms with Gasteiger partial charge in [0.1, 0.15) is 17.3 Å². The number of fused-ring (bicyclic) bond motifs is 2. The molecule has 32 heavy (non-hydrogen) atoms. The molecule has 1 unspecified atom stereocenters. The number of aromatic amines is 1. The normalized spacial score (nSPS) is 22.2. The van der Waals surface area contributed by atoms with Crippen LogP contribution in [-0.2, 0) is 13.1 Å². The van der Waals surface area contributed by atoms with Gasteiger partial charge in [-0.05, 0) is 36.1 Å². The van der Waals surface area contributed by atoms with Crippen LogP contribution >= 0.6 is 11.3 Å². The Morgan fingerprint density at radius 1 is 1.22 bits per heavy atom. The number of nitrogens with one attached hydrogen (secondary N) is 2. The van der Waals surface area contributed by atoms with Crippen LogP contribution in [0.3, 0.4) is 0 Å². The van der Waals surface area contributed by atoms with Crippen molar-refractivity contribution in [3.05, 3.63) is 76.0 Å². The molecule has 1 amide bonds. The molecule has 1 aliphatic heterocycles. The second kappa shape index (κ2) is 7.75. The number of hydrogen-bond acceptors (Lipinski definition) is 6. The van der Waals surface area contributed by atoms with Crippen LogP contribution in [0.4, 0.5) is 4.39 Å². The van der Waals surface area contributed by atoms with E-state index >= 15 is 0 Å². The SMILES string of the molecule is O=C(NCc1ncccc1F)c1csc(C2[C@H]3CN(Cc4nc5ccccc5[nH]4)C[C@@H]23)n1.[HH]. The van der Waals surface area contributed by atoms with Gasteiger partial charge in [0.15, 0.2) is 0 Å². The third-order valence-electron chi connectivity index (χ3n) is 6.37. The Balaban J connectivity index is 0.00000228. The standard InChI is InChI=1S/C23H21FN6OS.H2/c24-15-4-3-7-25-18(15)8-26-22(31)19-12-32-23(29-19)21-13-9-30(10-14(13)21)11-20-27-16-5-1-2-6-17(16)28-20;/h1-7,12-14,21H,8-11H2,(H,26,31)(H,27,28);1H/t13-,14+,21?;. The summed E-state index contributed by atoms with van der Waals surface area (Å²) in [6, 6.07) is 10.9. The number of imidazole rings is 1. The summed E-state index contributed by atoms with van der Waals surface area (Å²) in [5.74, 6) is 1.89. The summed E-state index contributed by atoms with van der Waals surface area (Å²) in [6.07, 6.45) is 1.51. The van der Waals surface area contributed by atoms with Crippen LogP contribution in [0.1, 0.15) is 34.4 Å². The average Bonchev–Trinajstić information content (AvgIpc) is 3.24. The molecule has 2 aliphatic rings. The maximum absolute atomic E-state index is 13.7. The van der Waals surface area contributed by atoms with Gasteiger partial charge in [-0.2, -0.15) is 0 Å². The van der Waals surface area contributed by atoms with E-state index in [0.717, 1.165) is 41.5 Å². The van der Waals surface area contributed by atoms with Crippen molar-refractivity contribution in [2.24, 2.45) is 11.8 Å². The van der Waals surface area contributed by atoms with E-state index < -0.39 is 5.82 Å². The highest BCUT2D eigenvalue weighted by molar-refractivity contribution is 7.10. The number of rotatable bonds is 6. The van der Waals surface area contributed by atoms with Crippen molar-refractivity contribution in [3.8, 4) is 0 Å². The van der Waals surface area contributed by atoms with Crippen molar-refractivity contribution in [2.75, 3.05) is 13.1 Å². The van der Waals surface area contributed by atoms with Crippen LogP contribution < -0.4 is 5.32 Å². The van der Waals surface area contributed by atoms with Gasteiger partial charge in [0, 0.05) is 32.0 Å². The Bertz CT molecular complexity index is 1260. The van der Waals surface area contributed by atoms with Crippen LogP contribution in [0.5, 0.6) is 0 Å². The van der Waals surface area contributed by atoms with E-state index in [9.17, 15) is 9.18 Å². The number of amides is 1. The minimum absolute atomic E-state index is 0. The molecular formula is C23H23FN6OS. The van der Waals surface area contributed by atoms with E-state index in [4.69, 9.17) is 0 Å². The molecule has 2 fully saturated rings. The molecule has 3 aromatic heterocycles. The van der Waals surface area contributed by atoms with Gasteiger partial charge in [-0.3, -0.25) is 14.7 Å². The number of thiazole rings is 1. The Morgan fingerprint density at radius 3 is 2.88 bits per heavy atom. The molecular weight excluding hydrogens is 427 g/mol. The first-order chi connectivity index (χ1) is 15.7. The number of para-hydroxylation sites is 2. The molecule has 0 bridgehead atoms.